The second-order valence-corrected chi connectivity index (χ2v) is 4.62. The van der Waals surface area contributed by atoms with Crippen molar-refractivity contribution in [2.75, 3.05) is 5.73 Å². The first kappa shape index (κ1) is 11.0. The van der Waals surface area contributed by atoms with Crippen molar-refractivity contribution in [2.24, 2.45) is 0 Å². The maximum atomic E-state index is 5.82. The van der Waals surface area contributed by atoms with Crippen LogP contribution in [0.5, 0.6) is 0 Å². The second-order valence-electron chi connectivity index (χ2n) is 4.62. The lowest BCUT2D eigenvalue weighted by molar-refractivity contribution is 0.620. The Balaban J connectivity index is 2.01. The molecule has 20 heavy (non-hydrogen) atoms. The maximum Gasteiger partial charge on any atom is 0.227 e. The molecule has 2 N–H and O–H groups in total. The number of fused-ring (bicyclic) bond motifs is 2. The number of nitrogens with zero attached hydrogens (tertiary/aromatic N) is 2. The molecule has 2 aromatic heterocycles. The number of hydrogen-bond donors (Lipinski definition) is 1. The molecule has 0 saturated carbocycles. The average Bonchev–Trinajstić information content (AvgIpc) is 2.89. The van der Waals surface area contributed by atoms with Gasteiger partial charge in [0.1, 0.15) is 5.52 Å². The number of nitrogens with two attached hydrogens (primary N) is 1. The van der Waals surface area contributed by atoms with Crippen molar-refractivity contribution in [2.45, 2.75) is 0 Å². The molecule has 0 bridgehead atoms. The summed E-state index contributed by atoms with van der Waals surface area (Å²) in [5, 5.41) is 1.02. The predicted octanol–water partition coefficient (Wildman–Crippen LogP) is 3.63. The Morgan fingerprint density at radius 3 is 2.85 bits per heavy atom. The monoisotopic (exact) mass is 261 g/mol. The van der Waals surface area contributed by atoms with Gasteiger partial charge in [-0.05, 0) is 36.4 Å². The molecule has 0 amide bonds. The average molecular weight is 261 g/mol. The van der Waals surface area contributed by atoms with Crippen molar-refractivity contribution in [3.05, 3.63) is 54.7 Å². The third-order valence-corrected chi connectivity index (χ3v) is 3.29. The van der Waals surface area contributed by atoms with E-state index < -0.39 is 0 Å². The molecule has 0 saturated heterocycles. The van der Waals surface area contributed by atoms with E-state index in [9.17, 15) is 0 Å². The van der Waals surface area contributed by atoms with Gasteiger partial charge in [-0.25, -0.2) is 4.98 Å². The zero-order valence-electron chi connectivity index (χ0n) is 10.6. The van der Waals surface area contributed by atoms with Gasteiger partial charge in [0, 0.05) is 22.8 Å². The van der Waals surface area contributed by atoms with E-state index in [-0.39, 0.29) is 0 Å². The van der Waals surface area contributed by atoms with Crippen LogP contribution in [0.4, 0.5) is 5.69 Å². The summed E-state index contributed by atoms with van der Waals surface area (Å²) in [6.07, 6.45) is 1.78. The molecule has 2 heterocycles. The van der Waals surface area contributed by atoms with Gasteiger partial charge in [-0.3, -0.25) is 4.98 Å². The number of pyridine rings is 1. The van der Waals surface area contributed by atoms with Crippen LogP contribution in [0.2, 0.25) is 0 Å². The highest BCUT2D eigenvalue weighted by molar-refractivity contribution is 5.93. The largest absolute Gasteiger partial charge is 0.436 e. The van der Waals surface area contributed by atoms with E-state index >= 15 is 0 Å². The molecule has 0 aliphatic carbocycles. The van der Waals surface area contributed by atoms with Gasteiger partial charge < -0.3 is 10.2 Å². The third-order valence-electron chi connectivity index (χ3n) is 3.29. The summed E-state index contributed by atoms with van der Waals surface area (Å²) in [4.78, 5) is 8.87. The molecule has 0 unspecified atom stereocenters. The number of nitrogen functional groups attached to an aromatic ring is 1. The lowest BCUT2D eigenvalue weighted by Gasteiger charge is -2.01. The molecule has 0 aliphatic heterocycles. The van der Waals surface area contributed by atoms with Crippen molar-refractivity contribution >= 4 is 27.7 Å². The number of oxazole rings is 1. The second kappa shape index (κ2) is 4.06. The highest BCUT2D eigenvalue weighted by Crippen LogP contribution is 2.30. The fourth-order valence-corrected chi connectivity index (χ4v) is 2.35. The first-order valence-electron chi connectivity index (χ1n) is 6.31. The van der Waals surface area contributed by atoms with Gasteiger partial charge in [0.15, 0.2) is 5.58 Å². The summed E-state index contributed by atoms with van der Waals surface area (Å²) < 4.78 is 5.82. The fraction of sp³-hybridized carbons (Fsp3) is 0. The Labute approximate surface area is 114 Å². The molecular formula is C16H11N3O. The summed E-state index contributed by atoms with van der Waals surface area (Å²) in [7, 11) is 0. The predicted molar refractivity (Wildman–Crippen MR) is 79.2 cm³/mol. The van der Waals surface area contributed by atoms with Crippen LogP contribution in [-0.4, -0.2) is 9.97 Å². The SMILES string of the molecule is Nc1ccc2oc(-c3cccc4ncccc34)nc2c1. The highest BCUT2D eigenvalue weighted by Gasteiger charge is 2.11. The molecular weight excluding hydrogens is 250 g/mol. The first-order chi connectivity index (χ1) is 9.81. The smallest absolute Gasteiger partial charge is 0.227 e. The molecule has 0 radical (unpaired) electrons. The molecule has 96 valence electrons. The van der Waals surface area contributed by atoms with Crippen molar-refractivity contribution in [1.82, 2.24) is 9.97 Å². The zero-order chi connectivity index (χ0) is 13.5. The quantitative estimate of drug-likeness (QED) is 0.531. The summed E-state index contributed by atoms with van der Waals surface area (Å²) in [5.74, 6) is 0.587. The van der Waals surface area contributed by atoms with Crippen LogP contribution in [0.15, 0.2) is 59.1 Å². The van der Waals surface area contributed by atoms with E-state index in [0.29, 0.717) is 11.6 Å². The van der Waals surface area contributed by atoms with E-state index in [2.05, 4.69) is 9.97 Å². The molecule has 4 heteroatoms. The van der Waals surface area contributed by atoms with E-state index in [4.69, 9.17) is 10.2 Å². The van der Waals surface area contributed by atoms with Crippen LogP contribution < -0.4 is 5.73 Å². The molecule has 2 aromatic carbocycles. The maximum absolute atomic E-state index is 5.82. The molecule has 0 fully saturated rings. The first-order valence-corrected chi connectivity index (χ1v) is 6.31. The minimum atomic E-state index is 0.587. The number of rotatable bonds is 1. The Morgan fingerprint density at radius 1 is 0.950 bits per heavy atom. The third kappa shape index (κ3) is 1.62. The number of anilines is 1. The van der Waals surface area contributed by atoms with Crippen LogP contribution in [0.3, 0.4) is 0 Å². The van der Waals surface area contributed by atoms with Crippen LogP contribution in [0, 0.1) is 0 Å². The van der Waals surface area contributed by atoms with Crippen molar-refractivity contribution in [3.8, 4) is 11.5 Å². The van der Waals surface area contributed by atoms with Crippen molar-refractivity contribution in [3.63, 3.8) is 0 Å². The Hall–Kier alpha value is -2.88. The van der Waals surface area contributed by atoms with Gasteiger partial charge in [-0.2, -0.15) is 0 Å². The summed E-state index contributed by atoms with van der Waals surface area (Å²) in [6.45, 7) is 0. The van der Waals surface area contributed by atoms with Crippen LogP contribution in [-0.2, 0) is 0 Å². The fourth-order valence-electron chi connectivity index (χ4n) is 2.35. The van der Waals surface area contributed by atoms with E-state index in [1.165, 1.54) is 0 Å². The number of benzene rings is 2. The van der Waals surface area contributed by atoms with Gasteiger partial charge in [-0.1, -0.05) is 12.1 Å². The van der Waals surface area contributed by atoms with Crippen molar-refractivity contribution < 1.29 is 4.42 Å². The van der Waals surface area contributed by atoms with Crippen LogP contribution in [0.1, 0.15) is 0 Å². The number of aromatic nitrogens is 2. The minimum absolute atomic E-state index is 0.587. The van der Waals surface area contributed by atoms with Crippen molar-refractivity contribution in [1.29, 1.82) is 0 Å². The zero-order valence-corrected chi connectivity index (χ0v) is 10.6. The van der Waals surface area contributed by atoms with E-state index in [1.807, 2.05) is 48.5 Å². The Bertz CT molecular complexity index is 922. The van der Waals surface area contributed by atoms with E-state index in [0.717, 1.165) is 27.6 Å². The molecule has 0 spiro atoms. The van der Waals surface area contributed by atoms with Gasteiger partial charge in [0.2, 0.25) is 5.89 Å². The lowest BCUT2D eigenvalue weighted by atomic mass is 10.1. The van der Waals surface area contributed by atoms with Gasteiger partial charge in [-0.15, -0.1) is 0 Å². The van der Waals surface area contributed by atoms with E-state index in [1.54, 1.807) is 6.20 Å². The normalized spacial score (nSPS) is 11.2. The van der Waals surface area contributed by atoms with Gasteiger partial charge in [0.25, 0.3) is 0 Å². The summed E-state index contributed by atoms with van der Waals surface area (Å²) in [5.41, 5.74) is 9.80. The number of hydrogen-bond acceptors (Lipinski definition) is 4. The standard InChI is InChI=1S/C16H11N3O/c17-10-6-7-15-14(9-10)19-16(20-15)12-3-1-5-13-11(12)4-2-8-18-13/h1-9H,17H2. The summed E-state index contributed by atoms with van der Waals surface area (Å²) in [6, 6.07) is 15.3. The minimum Gasteiger partial charge on any atom is -0.436 e. The van der Waals surface area contributed by atoms with Crippen LogP contribution in [0.25, 0.3) is 33.5 Å². The van der Waals surface area contributed by atoms with Gasteiger partial charge in [0.05, 0.1) is 5.52 Å². The Kier molecular flexibility index (Phi) is 2.23. The van der Waals surface area contributed by atoms with Crippen LogP contribution >= 0.6 is 0 Å². The molecule has 0 aliphatic rings. The molecule has 4 aromatic rings. The topological polar surface area (TPSA) is 64.9 Å². The molecule has 4 rings (SSSR count). The molecule has 0 atom stereocenters. The highest BCUT2D eigenvalue weighted by atomic mass is 16.3. The Morgan fingerprint density at radius 2 is 1.90 bits per heavy atom. The van der Waals surface area contributed by atoms with Gasteiger partial charge >= 0.3 is 0 Å². The summed E-state index contributed by atoms with van der Waals surface area (Å²) >= 11 is 0. The molecule has 4 nitrogen and oxygen atoms in total. The lowest BCUT2D eigenvalue weighted by Crippen LogP contribution is -1.83.